The summed E-state index contributed by atoms with van der Waals surface area (Å²) in [5.74, 6) is 1.97. The number of nitriles is 1. The highest BCUT2D eigenvalue weighted by Gasteiger charge is 2.12. The molecule has 1 aromatic carbocycles. The van der Waals surface area contributed by atoms with Crippen molar-refractivity contribution in [2.24, 2.45) is 0 Å². The van der Waals surface area contributed by atoms with Gasteiger partial charge in [-0.25, -0.2) is 0 Å². The maximum Gasteiger partial charge on any atom is 0.122 e. The molecule has 0 aromatic heterocycles. The van der Waals surface area contributed by atoms with Gasteiger partial charge in [-0.1, -0.05) is 6.92 Å². The summed E-state index contributed by atoms with van der Waals surface area (Å²) in [6, 6.07) is 7.91. The molecule has 0 amide bonds. The zero-order valence-electron chi connectivity index (χ0n) is 9.99. The van der Waals surface area contributed by atoms with E-state index in [1.54, 1.807) is 14.2 Å². The SMILES string of the molecule is COc1ccc(OC)c(C(C)CCC#N)c1. The van der Waals surface area contributed by atoms with Crippen LogP contribution in [0.4, 0.5) is 0 Å². The average Bonchev–Trinajstić information content (AvgIpc) is 2.35. The molecule has 0 radical (unpaired) electrons. The molecule has 1 aromatic rings. The summed E-state index contributed by atoms with van der Waals surface area (Å²) in [5, 5.41) is 8.58. The number of ether oxygens (including phenoxy) is 2. The van der Waals surface area contributed by atoms with Gasteiger partial charge in [0.1, 0.15) is 11.5 Å². The molecule has 0 N–H and O–H groups in total. The van der Waals surface area contributed by atoms with E-state index in [2.05, 4.69) is 13.0 Å². The van der Waals surface area contributed by atoms with Gasteiger partial charge < -0.3 is 9.47 Å². The van der Waals surface area contributed by atoms with Crippen LogP contribution in [0.2, 0.25) is 0 Å². The first-order valence-electron chi connectivity index (χ1n) is 5.31. The molecule has 16 heavy (non-hydrogen) atoms. The van der Waals surface area contributed by atoms with E-state index in [1.165, 1.54) is 0 Å². The quantitative estimate of drug-likeness (QED) is 0.764. The molecule has 1 rings (SSSR count). The minimum absolute atomic E-state index is 0.296. The Kier molecular flexibility index (Phi) is 4.65. The van der Waals surface area contributed by atoms with Crippen LogP contribution in [0.15, 0.2) is 18.2 Å². The van der Waals surface area contributed by atoms with Gasteiger partial charge in [0.25, 0.3) is 0 Å². The number of rotatable bonds is 5. The molecule has 0 saturated carbocycles. The van der Waals surface area contributed by atoms with Gasteiger partial charge in [-0.05, 0) is 30.5 Å². The van der Waals surface area contributed by atoms with E-state index in [4.69, 9.17) is 14.7 Å². The second-order valence-corrected chi connectivity index (χ2v) is 3.71. The Balaban J connectivity index is 2.94. The molecular weight excluding hydrogens is 202 g/mol. The molecule has 3 nitrogen and oxygen atoms in total. The molecule has 0 saturated heterocycles. The summed E-state index contributed by atoms with van der Waals surface area (Å²) in [4.78, 5) is 0. The van der Waals surface area contributed by atoms with Crippen molar-refractivity contribution >= 4 is 0 Å². The molecule has 0 aliphatic carbocycles. The summed E-state index contributed by atoms with van der Waals surface area (Å²) in [6.45, 7) is 2.09. The minimum atomic E-state index is 0.296. The third-order valence-electron chi connectivity index (χ3n) is 2.66. The Morgan fingerprint density at radius 3 is 2.62 bits per heavy atom. The largest absolute Gasteiger partial charge is 0.497 e. The van der Waals surface area contributed by atoms with Crippen molar-refractivity contribution in [3.05, 3.63) is 23.8 Å². The van der Waals surface area contributed by atoms with Crippen LogP contribution >= 0.6 is 0 Å². The fraction of sp³-hybridized carbons (Fsp3) is 0.462. The van der Waals surface area contributed by atoms with E-state index in [1.807, 2.05) is 18.2 Å². The molecule has 0 heterocycles. The lowest BCUT2D eigenvalue weighted by atomic mass is 9.95. The highest BCUT2D eigenvalue weighted by molar-refractivity contribution is 5.42. The van der Waals surface area contributed by atoms with Crippen molar-refractivity contribution < 1.29 is 9.47 Å². The highest BCUT2D eigenvalue weighted by Crippen LogP contribution is 2.32. The van der Waals surface area contributed by atoms with E-state index < -0.39 is 0 Å². The smallest absolute Gasteiger partial charge is 0.122 e. The molecule has 0 aliphatic heterocycles. The number of hydrogen-bond acceptors (Lipinski definition) is 3. The van der Waals surface area contributed by atoms with Gasteiger partial charge in [0.15, 0.2) is 0 Å². The Labute approximate surface area is 96.6 Å². The summed E-state index contributed by atoms with van der Waals surface area (Å²) in [6.07, 6.45) is 1.39. The highest BCUT2D eigenvalue weighted by atomic mass is 16.5. The number of hydrogen-bond donors (Lipinski definition) is 0. The second-order valence-electron chi connectivity index (χ2n) is 3.71. The predicted octanol–water partition coefficient (Wildman–Crippen LogP) is 3.11. The van der Waals surface area contributed by atoms with Crippen LogP contribution in [-0.4, -0.2) is 14.2 Å². The monoisotopic (exact) mass is 219 g/mol. The summed E-state index contributed by atoms with van der Waals surface area (Å²) in [7, 11) is 3.30. The third kappa shape index (κ3) is 2.90. The van der Waals surface area contributed by atoms with E-state index in [9.17, 15) is 0 Å². The first kappa shape index (κ1) is 12.4. The van der Waals surface area contributed by atoms with Crippen LogP contribution in [-0.2, 0) is 0 Å². The van der Waals surface area contributed by atoms with Gasteiger partial charge in [-0.2, -0.15) is 5.26 Å². The Bertz CT molecular complexity index is 382. The fourth-order valence-corrected chi connectivity index (χ4v) is 1.66. The van der Waals surface area contributed by atoms with Crippen LogP contribution in [0.3, 0.4) is 0 Å². The lowest BCUT2D eigenvalue weighted by Crippen LogP contribution is -1.98. The van der Waals surface area contributed by atoms with Crippen LogP contribution in [0.25, 0.3) is 0 Å². The summed E-state index contributed by atoms with van der Waals surface area (Å²) in [5.41, 5.74) is 1.09. The third-order valence-corrected chi connectivity index (χ3v) is 2.66. The standard InChI is InChI=1S/C13H17NO2/c1-10(5-4-8-14)12-9-11(15-2)6-7-13(12)16-3/h6-7,9-10H,4-5H2,1-3H3. The summed E-state index contributed by atoms with van der Waals surface area (Å²) < 4.78 is 10.5. The first-order valence-corrected chi connectivity index (χ1v) is 5.31. The Morgan fingerprint density at radius 1 is 1.31 bits per heavy atom. The van der Waals surface area contributed by atoms with Crippen molar-refractivity contribution in [3.8, 4) is 17.6 Å². The van der Waals surface area contributed by atoms with E-state index >= 15 is 0 Å². The van der Waals surface area contributed by atoms with Gasteiger partial charge in [0.05, 0.1) is 20.3 Å². The molecule has 86 valence electrons. The zero-order valence-corrected chi connectivity index (χ0v) is 9.99. The molecular formula is C13H17NO2. The number of nitrogens with zero attached hydrogens (tertiary/aromatic N) is 1. The lowest BCUT2D eigenvalue weighted by molar-refractivity contribution is 0.395. The second kappa shape index (κ2) is 6.02. The average molecular weight is 219 g/mol. The molecule has 0 fully saturated rings. The van der Waals surface area contributed by atoms with Gasteiger partial charge in [0, 0.05) is 12.0 Å². The van der Waals surface area contributed by atoms with E-state index in [0.29, 0.717) is 12.3 Å². The maximum absolute atomic E-state index is 8.58. The van der Waals surface area contributed by atoms with E-state index in [-0.39, 0.29) is 0 Å². The molecule has 0 bridgehead atoms. The normalized spacial score (nSPS) is 11.6. The van der Waals surface area contributed by atoms with Gasteiger partial charge >= 0.3 is 0 Å². The van der Waals surface area contributed by atoms with Gasteiger partial charge in [-0.3, -0.25) is 0 Å². The Hall–Kier alpha value is -1.69. The number of methoxy groups -OCH3 is 2. The van der Waals surface area contributed by atoms with Crippen LogP contribution in [0, 0.1) is 11.3 Å². The maximum atomic E-state index is 8.58. The topological polar surface area (TPSA) is 42.2 Å². The van der Waals surface area contributed by atoms with Crippen LogP contribution in [0.1, 0.15) is 31.2 Å². The molecule has 1 atom stereocenters. The predicted molar refractivity (Wildman–Crippen MR) is 62.8 cm³/mol. The zero-order chi connectivity index (χ0) is 12.0. The van der Waals surface area contributed by atoms with Crippen molar-refractivity contribution in [1.29, 1.82) is 5.26 Å². The van der Waals surface area contributed by atoms with E-state index in [0.717, 1.165) is 23.5 Å². The molecule has 0 aliphatic rings. The van der Waals surface area contributed by atoms with Crippen molar-refractivity contribution in [3.63, 3.8) is 0 Å². The lowest BCUT2D eigenvalue weighted by Gasteiger charge is -2.15. The van der Waals surface area contributed by atoms with Crippen LogP contribution < -0.4 is 9.47 Å². The Morgan fingerprint density at radius 2 is 2.06 bits per heavy atom. The van der Waals surface area contributed by atoms with Gasteiger partial charge in [-0.15, -0.1) is 0 Å². The molecule has 0 spiro atoms. The molecule has 1 unspecified atom stereocenters. The first-order chi connectivity index (χ1) is 7.72. The minimum Gasteiger partial charge on any atom is -0.497 e. The van der Waals surface area contributed by atoms with Crippen molar-refractivity contribution in [1.82, 2.24) is 0 Å². The fourth-order valence-electron chi connectivity index (χ4n) is 1.66. The van der Waals surface area contributed by atoms with Crippen LogP contribution in [0.5, 0.6) is 11.5 Å². The molecule has 3 heteroatoms. The summed E-state index contributed by atoms with van der Waals surface area (Å²) >= 11 is 0. The van der Waals surface area contributed by atoms with Crippen molar-refractivity contribution in [2.75, 3.05) is 14.2 Å². The van der Waals surface area contributed by atoms with Gasteiger partial charge in [0.2, 0.25) is 0 Å². The van der Waals surface area contributed by atoms with Crippen molar-refractivity contribution in [2.45, 2.75) is 25.7 Å². The number of benzene rings is 1.